The summed E-state index contributed by atoms with van der Waals surface area (Å²) in [5.74, 6) is 1.30. The third-order valence-electron chi connectivity index (χ3n) is 7.00. The summed E-state index contributed by atoms with van der Waals surface area (Å²) in [5.41, 5.74) is 0.907. The predicted octanol–water partition coefficient (Wildman–Crippen LogP) is 4.56. The molecule has 238 valence electrons. The second-order valence-corrected chi connectivity index (χ2v) is 10.4. The SMILES string of the molecule is COc1ccc(CNc2nc(N3CCC[C@H]3COC(=O)Oc3ccc([N+](=O)[O-])cc3)ncc2C(=O)NCc2ncccn2)cc1Cl. The average Bonchev–Trinajstić information content (AvgIpc) is 3.55. The van der Waals surface area contributed by atoms with Gasteiger partial charge in [0, 0.05) is 43.8 Å². The van der Waals surface area contributed by atoms with Gasteiger partial charge >= 0.3 is 6.16 Å². The summed E-state index contributed by atoms with van der Waals surface area (Å²) in [4.78, 5) is 55.2. The van der Waals surface area contributed by atoms with Crippen LogP contribution >= 0.6 is 11.6 Å². The van der Waals surface area contributed by atoms with Crippen LogP contribution in [0.4, 0.5) is 22.2 Å². The van der Waals surface area contributed by atoms with Gasteiger partial charge < -0.3 is 29.7 Å². The van der Waals surface area contributed by atoms with Crippen LogP contribution in [0.5, 0.6) is 11.5 Å². The van der Waals surface area contributed by atoms with Gasteiger partial charge in [-0.05, 0) is 48.7 Å². The number of non-ortho nitro benzene ring substituents is 1. The molecular weight excluding hydrogens is 620 g/mol. The average molecular weight is 649 g/mol. The Morgan fingerprint density at radius 3 is 2.61 bits per heavy atom. The molecule has 16 heteroatoms. The molecule has 0 aliphatic carbocycles. The van der Waals surface area contributed by atoms with E-state index in [1.807, 2.05) is 11.0 Å². The number of aromatic nitrogens is 4. The molecule has 15 nitrogen and oxygen atoms in total. The van der Waals surface area contributed by atoms with E-state index >= 15 is 0 Å². The first kappa shape index (κ1) is 31.8. The van der Waals surface area contributed by atoms with E-state index in [2.05, 4.69) is 25.6 Å². The van der Waals surface area contributed by atoms with Crippen LogP contribution in [0, 0.1) is 10.1 Å². The molecule has 1 aliphatic heterocycles. The van der Waals surface area contributed by atoms with Crippen LogP contribution in [0.15, 0.2) is 67.1 Å². The molecule has 1 saturated heterocycles. The quantitative estimate of drug-likeness (QED) is 0.0943. The summed E-state index contributed by atoms with van der Waals surface area (Å²) < 4.78 is 15.7. The van der Waals surface area contributed by atoms with Crippen LogP contribution < -0.4 is 25.0 Å². The van der Waals surface area contributed by atoms with E-state index in [-0.39, 0.29) is 42.0 Å². The van der Waals surface area contributed by atoms with Crippen molar-refractivity contribution in [2.75, 3.05) is 30.5 Å². The number of nitro groups is 1. The summed E-state index contributed by atoms with van der Waals surface area (Å²) >= 11 is 6.30. The molecule has 0 radical (unpaired) electrons. The molecule has 0 bridgehead atoms. The van der Waals surface area contributed by atoms with Gasteiger partial charge in [0.2, 0.25) is 5.95 Å². The Kier molecular flexibility index (Phi) is 10.3. The molecule has 1 fully saturated rings. The van der Waals surface area contributed by atoms with Crippen LogP contribution in [0.1, 0.15) is 34.6 Å². The normalized spacial score (nSPS) is 14.0. The Bertz CT molecular complexity index is 1690. The molecule has 4 aromatic rings. The smallest absolute Gasteiger partial charge is 0.495 e. The number of benzene rings is 2. The fraction of sp³-hybridized carbons (Fsp3) is 0.267. The number of anilines is 2. The van der Waals surface area contributed by atoms with Crippen molar-refractivity contribution in [1.29, 1.82) is 0 Å². The van der Waals surface area contributed by atoms with Gasteiger partial charge in [-0.2, -0.15) is 4.98 Å². The minimum atomic E-state index is -0.948. The Morgan fingerprint density at radius 1 is 1.11 bits per heavy atom. The van der Waals surface area contributed by atoms with Gasteiger partial charge in [-0.3, -0.25) is 14.9 Å². The van der Waals surface area contributed by atoms with Gasteiger partial charge in [0.1, 0.15) is 35.3 Å². The van der Waals surface area contributed by atoms with Crippen molar-refractivity contribution < 1.29 is 28.7 Å². The number of carbonyl (C=O) groups excluding carboxylic acids is 2. The molecule has 0 saturated carbocycles. The van der Waals surface area contributed by atoms with Gasteiger partial charge in [-0.25, -0.2) is 19.7 Å². The van der Waals surface area contributed by atoms with Crippen LogP contribution in [0.25, 0.3) is 0 Å². The van der Waals surface area contributed by atoms with Gasteiger partial charge in [0.25, 0.3) is 11.6 Å². The van der Waals surface area contributed by atoms with E-state index in [9.17, 15) is 19.7 Å². The first-order valence-corrected chi connectivity index (χ1v) is 14.5. The molecule has 5 rings (SSSR count). The zero-order valence-electron chi connectivity index (χ0n) is 24.6. The zero-order valence-corrected chi connectivity index (χ0v) is 25.3. The molecule has 46 heavy (non-hydrogen) atoms. The van der Waals surface area contributed by atoms with E-state index in [0.29, 0.717) is 42.1 Å². The first-order chi connectivity index (χ1) is 22.3. The molecule has 0 spiro atoms. The van der Waals surface area contributed by atoms with Crippen molar-refractivity contribution in [1.82, 2.24) is 25.3 Å². The Labute approximate surface area is 268 Å². The van der Waals surface area contributed by atoms with Crippen molar-refractivity contribution in [3.63, 3.8) is 0 Å². The number of ether oxygens (including phenoxy) is 3. The lowest BCUT2D eigenvalue weighted by Crippen LogP contribution is -2.36. The first-order valence-electron chi connectivity index (χ1n) is 14.1. The minimum Gasteiger partial charge on any atom is -0.495 e. The standard InChI is InChI=1S/C30H29ClN8O7/c1-44-25-10-5-19(14-24(25)31)15-34-27-23(28(40)35-17-26-32-11-3-12-33-26)16-36-29(37-27)38-13-2-4-21(38)18-45-30(41)46-22-8-6-20(7-9-22)39(42)43/h3,5-12,14,16,21H,2,4,13,15,17-18H2,1H3,(H,35,40)(H,34,36,37)/t21-/m0/s1. The lowest BCUT2D eigenvalue weighted by molar-refractivity contribution is -0.384. The van der Waals surface area contributed by atoms with E-state index in [4.69, 9.17) is 30.8 Å². The summed E-state index contributed by atoms with van der Waals surface area (Å²) in [6.45, 7) is 0.983. The van der Waals surface area contributed by atoms with Crippen molar-refractivity contribution in [3.05, 3.63) is 99.2 Å². The monoisotopic (exact) mass is 648 g/mol. The predicted molar refractivity (Wildman–Crippen MR) is 166 cm³/mol. The van der Waals surface area contributed by atoms with E-state index in [1.165, 1.54) is 37.6 Å². The number of rotatable bonds is 12. The molecule has 1 aliphatic rings. The van der Waals surface area contributed by atoms with Crippen molar-refractivity contribution >= 4 is 41.1 Å². The van der Waals surface area contributed by atoms with Crippen LogP contribution in [-0.2, 0) is 17.8 Å². The van der Waals surface area contributed by atoms with Crippen LogP contribution in [0.2, 0.25) is 5.02 Å². The second-order valence-electron chi connectivity index (χ2n) is 10.0. The minimum absolute atomic E-state index is 0.0123. The van der Waals surface area contributed by atoms with Crippen molar-refractivity contribution in [3.8, 4) is 11.5 Å². The van der Waals surface area contributed by atoms with Gasteiger partial charge in [-0.1, -0.05) is 17.7 Å². The molecule has 2 aromatic carbocycles. The fourth-order valence-electron chi connectivity index (χ4n) is 4.69. The van der Waals surface area contributed by atoms with Gasteiger partial charge in [0.15, 0.2) is 0 Å². The molecular formula is C30H29ClN8O7. The van der Waals surface area contributed by atoms with Gasteiger partial charge in [0.05, 0.1) is 29.6 Å². The number of carbonyl (C=O) groups is 2. The molecule has 3 heterocycles. The highest BCUT2D eigenvalue weighted by molar-refractivity contribution is 6.32. The Morgan fingerprint density at radius 2 is 1.89 bits per heavy atom. The topological polar surface area (TPSA) is 184 Å². The lowest BCUT2D eigenvalue weighted by Gasteiger charge is -2.25. The highest BCUT2D eigenvalue weighted by Crippen LogP contribution is 2.28. The van der Waals surface area contributed by atoms with E-state index < -0.39 is 17.0 Å². The molecule has 1 amide bonds. The number of nitrogens with one attached hydrogen (secondary N) is 2. The number of hydrogen-bond donors (Lipinski definition) is 2. The lowest BCUT2D eigenvalue weighted by atomic mass is 10.2. The second kappa shape index (κ2) is 14.9. The van der Waals surface area contributed by atoms with E-state index in [1.54, 1.807) is 30.6 Å². The Hall–Kier alpha value is -5.57. The fourth-order valence-corrected chi connectivity index (χ4v) is 4.97. The van der Waals surface area contributed by atoms with Gasteiger partial charge in [-0.15, -0.1) is 0 Å². The highest BCUT2D eigenvalue weighted by Gasteiger charge is 2.29. The third-order valence-corrected chi connectivity index (χ3v) is 7.29. The maximum Gasteiger partial charge on any atom is 0.513 e. The molecule has 1 atom stereocenters. The summed E-state index contributed by atoms with van der Waals surface area (Å²) in [7, 11) is 1.53. The number of hydrogen-bond acceptors (Lipinski definition) is 13. The number of halogens is 1. The number of nitro benzene ring substituents is 1. The number of nitrogens with zero attached hydrogens (tertiary/aromatic N) is 6. The maximum absolute atomic E-state index is 13.2. The molecule has 2 aromatic heterocycles. The third kappa shape index (κ3) is 8.12. The van der Waals surface area contributed by atoms with Crippen molar-refractivity contribution in [2.45, 2.75) is 32.0 Å². The largest absolute Gasteiger partial charge is 0.513 e. The molecule has 2 N–H and O–H groups in total. The zero-order chi connectivity index (χ0) is 32.5. The summed E-state index contributed by atoms with van der Waals surface area (Å²) in [6.07, 6.45) is 5.15. The van der Waals surface area contributed by atoms with Crippen LogP contribution in [-0.4, -0.2) is 63.2 Å². The van der Waals surface area contributed by atoms with Crippen molar-refractivity contribution in [2.24, 2.45) is 0 Å². The summed E-state index contributed by atoms with van der Waals surface area (Å²) in [5, 5.41) is 17.3. The highest BCUT2D eigenvalue weighted by atomic mass is 35.5. The summed E-state index contributed by atoms with van der Waals surface area (Å²) in [6, 6.07) is 11.9. The Balaban J connectivity index is 1.29. The molecule has 0 unspecified atom stereocenters. The number of amides is 1. The van der Waals surface area contributed by atoms with Crippen LogP contribution in [0.3, 0.4) is 0 Å². The van der Waals surface area contributed by atoms with E-state index in [0.717, 1.165) is 12.0 Å². The maximum atomic E-state index is 13.2. The number of methoxy groups -OCH3 is 1.